The Labute approximate surface area is 181 Å². The van der Waals surface area contributed by atoms with E-state index in [1.165, 1.54) is 18.1 Å². The van der Waals surface area contributed by atoms with Gasteiger partial charge < -0.3 is 14.8 Å². The molecule has 0 aliphatic rings. The number of benzene rings is 3. The van der Waals surface area contributed by atoms with Gasteiger partial charge in [-0.15, -0.1) is 0 Å². The van der Waals surface area contributed by atoms with Crippen molar-refractivity contribution in [3.05, 3.63) is 96.1 Å². The average Bonchev–Trinajstić information content (AvgIpc) is 2.82. The van der Waals surface area contributed by atoms with Crippen LogP contribution in [0.2, 0.25) is 0 Å². The molecule has 0 bridgehead atoms. The largest absolute Gasteiger partial charge is 0.489 e. The lowest BCUT2D eigenvalue weighted by Crippen LogP contribution is -2.25. The normalized spacial score (nSPS) is 10.5. The van der Waals surface area contributed by atoms with Crippen molar-refractivity contribution >= 4 is 29.5 Å². The van der Waals surface area contributed by atoms with Gasteiger partial charge in [0.1, 0.15) is 12.4 Å². The predicted octanol–water partition coefficient (Wildman–Crippen LogP) is 5.12. The molecule has 0 radical (unpaired) electrons. The third-order valence-electron chi connectivity index (χ3n) is 4.53. The zero-order chi connectivity index (χ0) is 22.1. The van der Waals surface area contributed by atoms with Crippen molar-refractivity contribution in [1.29, 1.82) is 0 Å². The van der Waals surface area contributed by atoms with Crippen LogP contribution in [0.25, 0.3) is 6.08 Å². The summed E-state index contributed by atoms with van der Waals surface area (Å²) >= 11 is 0. The van der Waals surface area contributed by atoms with Gasteiger partial charge in [0, 0.05) is 24.5 Å². The molecule has 0 aliphatic carbocycles. The van der Waals surface area contributed by atoms with E-state index in [1.807, 2.05) is 54.6 Å². The molecule has 0 spiro atoms. The molecular weight excluding hydrogens is 392 g/mol. The van der Waals surface area contributed by atoms with Crippen LogP contribution in [0, 0.1) is 0 Å². The molecule has 0 heterocycles. The Bertz CT molecular complexity index is 1030. The van der Waals surface area contributed by atoms with Gasteiger partial charge in [-0.25, -0.2) is 4.79 Å². The van der Waals surface area contributed by atoms with E-state index in [-0.39, 0.29) is 5.91 Å². The molecule has 2 amide bonds. The minimum atomic E-state index is -0.462. The van der Waals surface area contributed by atoms with Crippen LogP contribution < -0.4 is 15.0 Å². The van der Waals surface area contributed by atoms with Crippen molar-refractivity contribution in [2.75, 3.05) is 24.4 Å². The van der Waals surface area contributed by atoms with Gasteiger partial charge in [-0.1, -0.05) is 42.5 Å². The van der Waals surface area contributed by atoms with E-state index in [2.05, 4.69) is 10.1 Å². The first kappa shape index (κ1) is 21.6. The second-order valence-corrected chi connectivity index (χ2v) is 6.74. The second-order valence-electron chi connectivity index (χ2n) is 6.74. The number of hydrogen-bond donors (Lipinski definition) is 1. The summed E-state index contributed by atoms with van der Waals surface area (Å²) in [5.74, 6) is 0.515. The van der Waals surface area contributed by atoms with Crippen LogP contribution in [0.5, 0.6) is 5.75 Å². The van der Waals surface area contributed by atoms with E-state index in [0.717, 1.165) is 16.9 Å². The molecule has 6 heteroatoms. The third kappa shape index (κ3) is 6.47. The maximum Gasteiger partial charge on any atom is 0.413 e. The SMILES string of the molecule is COC(=O)N(C)c1ccc(NC(=O)C=Cc2ccc(OCc3ccccc3)cc2)cc1. The fourth-order valence-electron chi connectivity index (χ4n) is 2.78. The Balaban J connectivity index is 1.51. The number of hydrogen-bond acceptors (Lipinski definition) is 4. The van der Waals surface area contributed by atoms with Crippen LogP contribution in [-0.4, -0.2) is 26.2 Å². The zero-order valence-corrected chi connectivity index (χ0v) is 17.4. The number of anilines is 2. The number of nitrogens with one attached hydrogen (secondary N) is 1. The van der Waals surface area contributed by atoms with Gasteiger partial charge in [0.05, 0.1) is 7.11 Å². The Kier molecular flexibility index (Phi) is 7.43. The van der Waals surface area contributed by atoms with Crippen LogP contribution in [0.3, 0.4) is 0 Å². The number of nitrogens with zero attached hydrogens (tertiary/aromatic N) is 1. The molecule has 3 aromatic carbocycles. The Morgan fingerprint density at radius 3 is 2.26 bits per heavy atom. The van der Waals surface area contributed by atoms with E-state index in [9.17, 15) is 9.59 Å². The molecule has 1 N–H and O–H groups in total. The van der Waals surface area contributed by atoms with Crippen molar-refractivity contribution < 1.29 is 19.1 Å². The number of ether oxygens (including phenoxy) is 2. The molecule has 0 saturated carbocycles. The number of carbonyl (C=O) groups excluding carboxylic acids is 2. The van der Waals surface area contributed by atoms with Gasteiger partial charge in [0.2, 0.25) is 5.91 Å². The molecule has 6 nitrogen and oxygen atoms in total. The van der Waals surface area contributed by atoms with Gasteiger partial charge in [-0.3, -0.25) is 9.69 Å². The van der Waals surface area contributed by atoms with Crippen molar-refractivity contribution in [2.24, 2.45) is 0 Å². The van der Waals surface area contributed by atoms with Gasteiger partial charge in [0.15, 0.2) is 0 Å². The van der Waals surface area contributed by atoms with Crippen LogP contribution in [0.15, 0.2) is 84.9 Å². The molecule has 0 saturated heterocycles. The number of rotatable bonds is 7. The Morgan fingerprint density at radius 2 is 1.61 bits per heavy atom. The summed E-state index contributed by atoms with van der Waals surface area (Å²) < 4.78 is 10.4. The first-order valence-corrected chi connectivity index (χ1v) is 9.73. The van der Waals surface area contributed by atoms with Crippen LogP contribution in [0.1, 0.15) is 11.1 Å². The third-order valence-corrected chi connectivity index (χ3v) is 4.53. The summed E-state index contributed by atoms with van der Waals surface area (Å²) in [6.45, 7) is 0.507. The Morgan fingerprint density at radius 1 is 0.935 bits per heavy atom. The van der Waals surface area contributed by atoms with E-state index in [0.29, 0.717) is 18.0 Å². The maximum absolute atomic E-state index is 12.2. The van der Waals surface area contributed by atoms with E-state index >= 15 is 0 Å². The minimum absolute atomic E-state index is 0.251. The lowest BCUT2D eigenvalue weighted by Gasteiger charge is -2.15. The molecule has 3 aromatic rings. The van der Waals surface area contributed by atoms with Gasteiger partial charge in [-0.05, 0) is 53.6 Å². The van der Waals surface area contributed by atoms with E-state index in [1.54, 1.807) is 37.4 Å². The van der Waals surface area contributed by atoms with E-state index in [4.69, 9.17) is 4.74 Å². The topological polar surface area (TPSA) is 67.9 Å². The summed E-state index contributed by atoms with van der Waals surface area (Å²) in [6, 6.07) is 24.4. The molecule has 0 atom stereocenters. The fraction of sp³-hybridized carbons (Fsp3) is 0.120. The first-order chi connectivity index (χ1) is 15.0. The molecule has 158 valence electrons. The van der Waals surface area contributed by atoms with Crippen molar-refractivity contribution in [3.63, 3.8) is 0 Å². The van der Waals surface area contributed by atoms with Crippen molar-refractivity contribution in [1.82, 2.24) is 0 Å². The van der Waals surface area contributed by atoms with Crippen molar-refractivity contribution in [2.45, 2.75) is 6.61 Å². The van der Waals surface area contributed by atoms with Gasteiger partial charge in [-0.2, -0.15) is 0 Å². The molecule has 0 aliphatic heterocycles. The van der Waals surface area contributed by atoms with Crippen LogP contribution in [-0.2, 0) is 16.1 Å². The maximum atomic E-state index is 12.2. The quantitative estimate of drug-likeness (QED) is 0.543. The highest BCUT2D eigenvalue weighted by atomic mass is 16.5. The summed E-state index contributed by atoms with van der Waals surface area (Å²) in [5.41, 5.74) is 3.28. The van der Waals surface area contributed by atoms with Gasteiger partial charge in [0.25, 0.3) is 0 Å². The monoisotopic (exact) mass is 416 g/mol. The molecule has 3 rings (SSSR count). The number of carbonyl (C=O) groups is 2. The second kappa shape index (κ2) is 10.6. The summed E-state index contributed by atoms with van der Waals surface area (Å²) in [4.78, 5) is 25.1. The standard InChI is InChI=1S/C25H24N2O4/c1-27(25(29)30-2)22-13-11-21(12-14-22)26-24(28)17-10-19-8-15-23(16-9-19)31-18-20-6-4-3-5-7-20/h3-17H,18H2,1-2H3,(H,26,28). The van der Waals surface area contributed by atoms with Crippen molar-refractivity contribution in [3.8, 4) is 5.75 Å². The number of methoxy groups -OCH3 is 1. The lowest BCUT2D eigenvalue weighted by atomic mass is 10.2. The van der Waals surface area contributed by atoms with E-state index < -0.39 is 6.09 Å². The fourth-order valence-corrected chi connectivity index (χ4v) is 2.78. The molecule has 0 unspecified atom stereocenters. The van der Waals surface area contributed by atoms with Crippen LogP contribution in [0.4, 0.5) is 16.2 Å². The highest BCUT2D eigenvalue weighted by molar-refractivity contribution is 6.02. The first-order valence-electron chi connectivity index (χ1n) is 9.73. The summed E-state index contributed by atoms with van der Waals surface area (Å²) in [5, 5.41) is 2.79. The summed E-state index contributed by atoms with van der Waals surface area (Å²) in [6.07, 6.45) is 2.74. The summed E-state index contributed by atoms with van der Waals surface area (Å²) in [7, 11) is 2.94. The molecule has 31 heavy (non-hydrogen) atoms. The Hall–Kier alpha value is -4.06. The molecule has 0 fully saturated rings. The minimum Gasteiger partial charge on any atom is -0.489 e. The lowest BCUT2D eigenvalue weighted by molar-refractivity contribution is -0.111. The average molecular weight is 416 g/mol. The molecule has 0 aromatic heterocycles. The number of amides is 2. The predicted molar refractivity (Wildman–Crippen MR) is 122 cm³/mol. The zero-order valence-electron chi connectivity index (χ0n) is 17.4. The van der Waals surface area contributed by atoms with Crippen LogP contribution >= 0.6 is 0 Å². The van der Waals surface area contributed by atoms with Gasteiger partial charge >= 0.3 is 6.09 Å². The smallest absolute Gasteiger partial charge is 0.413 e. The highest BCUT2D eigenvalue weighted by Crippen LogP contribution is 2.18. The highest BCUT2D eigenvalue weighted by Gasteiger charge is 2.10. The molecular formula is C25H24N2O4.